The van der Waals surface area contributed by atoms with Crippen LogP contribution < -0.4 is 5.32 Å². The lowest BCUT2D eigenvalue weighted by Gasteiger charge is -2.18. The minimum absolute atomic E-state index is 0.777. The largest absolute Gasteiger partial charge is 0.469 e. The van der Waals surface area contributed by atoms with Gasteiger partial charge in [-0.1, -0.05) is 12.8 Å². The molecule has 96 valence electrons. The van der Waals surface area contributed by atoms with E-state index in [-0.39, 0.29) is 0 Å². The van der Waals surface area contributed by atoms with Crippen molar-refractivity contribution in [1.82, 2.24) is 10.2 Å². The normalized spacial score (nSPS) is 17.1. The van der Waals surface area contributed by atoms with Gasteiger partial charge in [0.2, 0.25) is 0 Å². The Kier molecular flexibility index (Phi) is 4.63. The average molecular weight is 236 g/mol. The van der Waals surface area contributed by atoms with Gasteiger partial charge in [0.25, 0.3) is 0 Å². The highest BCUT2D eigenvalue weighted by Crippen LogP contribution is 2.17. The van der Waals surface area contributed by atoms with E-state index < -0.39 is 0 Å². The van der Waals surface area contributed by atoms with Crippen molar-refractivity contribution in [2.75, 3.05) is 20.1 Å². The molecule has 1 fully saturated rings. The molecule has 3 heteroatoms. The molecule has 17 heavy (non-hydrogen) atoms. The molecule has 0 bridgehead atoms. The van der Waals surface area contributed by atoms with Crippen LogP contribution in [0.25, 0.3) is 0 Å². The maximum Gasteiger partial charge on any atom is 0.105 e. The maximum atomic E-state index is 5.31. The van der Waals surface area contributed by atoms with Gasteiger partial charge in [-0.3, -0.25) is 0 Å². The summed E-state index contributed by atoms with van der Waals surface area (Å²) in [6.07, 6.45) is 7.31. The molecule has 0 saturated heterocycles. The zero-order valence-electron chi connectivity index (χ0n) is 11.0. The van der Waals surface area contributed by atoms with Crippen LogP contribution in [0.3, 0.4) is 0 Å². The summed E-state index contributed by atoms with van der Waals surface area (Å²) in [5, 5.41) is 3.64. The summed E-state index contributed by atoms with van der Waals surface area (Å²) >= 11 is 0. The molecule has 1 aliphatic carbocycles. The van der Waals surface area contributed by atoms with Crippen LogP contribution in [0, 0.1) is 6.92 Å². The number of furan rings is 1. The highest BCUT2D eigenvalue weighted by atomic mass is 16.3. The second-order valence-electron chi connectivity index (χ2n) is 5.18. The van der Waals surface area contributed by atoms with Crippen molar-refractivity contribution in [2.24, 2.45) is 0 Å². The van der Waals surface area contributed by atoms with Gasteiger partial charge in [0.15, 0.2) is 0 Å². The number of nitrogens with one attached hydrogen (secondary N) is 1. The van der Waals surface area contributed by atoms with Gasteiger partial charge in [0.05, 0.1) is 6.26 Å². The summed E-state index contributed by atoms with van der Waals surface area (Å²) in [5.41, 5.74) is 1.30. The van der Waals surface area contributed by atoms with Crippen molar-refractivity contribution in [1.29, 1.82) is 0 Å². The fourth-order valence-corrected chi connectivity index (χ4v) is 2.53. The van der Waals surface area contributed by atoms with Crippen molar-refractivity contribution in [3.05, 3.63) is 23.7 Å². The first-order chi connectivity index (χ1) is 8.25. The monoisotopic (exact) mass is 236 g/mol. The smallest absolute Gasteiger partial charge is 0.105 e. The van der Waals surface area contributed by atoms with E-state index in [1.165, 1.54) is 31.2 Å². The SMILES string of the molecule is Cc1occc1CN(C)CCNC1CCCC1. The fourth-order valence-electron chi connectivity index (χ4n) is 2.53. The van der Waals surface area contributed by atoms with Crippen LogP contribution in [0.4, 0.5) is 0 Å². The first kappa shape index (κ1) is 12.7. The van der Waals surface area contributed by atoms with E-state index >= 15 is 0 Å². The van der Waals surface area contributed by atoms with E-state index in [0.717, 1.165) is 31.4 Å². The fraction of sp³-hybridized carbons (Fsp3) is 0.714. The van der Waals surface area contributed by atoms with E-state index in [1.807, 2.05) is 6.92 Å². The van der Waals surface area contributed by atoms with Crippen LogP contribution in [0.1, 0.15) is 37.0 Å². The van der Waals surface area contributed by atoms with Gasteiger partial charge >= 0.3 is 0 Å². The van der Waals surface area contributed by atoms with Gasteiger partial charge < -0.3 is 14.6 Å². The molecule has 0 unspecified atom stereocenters. The first-order valence-electron chi connectivity index (χ1n) is 6.70. The predicted octanol–water partition coefficient (Wildman–Crippen LogP) is 2.55. The predicted molar refractivity (Wildman–Crippen MR) is 70.0 cm³/mol. The van der Waals surface area contributed by atoms with Gasteiger partial charge in [0.1, 0.15) is 5.76 Å². The Labute approximate surface area is 104 Å². The second-order valence-corrected chi connectivity index (χ2v) is 5.18. The molecule has 0 aliphatic heterocycles. The van der Waals surface area contributed by atoms with Gasteiger partial charge in [-0.25, -0.2) is 0 Å². The highest BCUT2D eigenvalue weighted by Gasteiger charge is 2.13. The van der Waals surface area contributed by atoms with Gasteiger partial charge in [-0.15, -0.1) is 0 Å². The molecule has 2 rings (SSSR count). The summed E-state index contributed by atoms with van der Waals surface area (Å²) in [6, 6.07) is 2.84. The lowest BCUT2D eigenvalue weighted by molar-refractivity contribution is 0.314. The molecule has 0 amide bonds. The van der Waals surface area contributed by atoms with E-state index in [0.29, 0.717) is 0 Å². The number of likely N-dealkylation sites (N-methyl/N-ethyl adjacent to an activating group) is 1. The summed E-state index contributed by atoms with van der Waals surface area (Å²) in [5.74, 6) is 1.04. The number of hydrogen-bond donors (Lipinski definition) is 1. The number of hydrogen-bond acceptors (Lipinski definition) is 3. The summed E-state index contributed by atoms with van der Waals surface area (Å²) < 4.78 is 5.31. The summed E-state index contributed by atoms with van der Waals surface area (Å²) in [7, 11) is 2.17. The van der Waals surface area contributed by atoms with Crippen molar-refractivity contribution < 1.29 is 4.42 Å². The third-order valence-corrected chi connectivity index (χ3v) is 3.69. The number of aryl methyl sites for hydroxylation is 1. The van der Waals surface area contributed by atoms with Crippen LogP contribution in [-0.2, 0) is 6.54 Å². The molecule has 0 spiro atoms. The van der Waals surface area contributed by atoms with E-state index in [2.05, 4.69) is 23.3 Å². The molecule has 3 nitrogen and oxygen atoms in total. The van der Waals surface area contributed by atoms with E-state index in [9.17, 15) is 0 Å². The first-order valence-corrected chi connectivity index (χ1v) is 6.70. The van der Waals surface area contributed by atoms with Crippen molar-refractivity contribution in [2.45, 2.75) is 45.2 Å². The van der Waals surface area contributed by atoms with Crippen LogP contribution >= 0.6 is 0 Å². The lowest BCUT2D eigenvalue weighted by atomic mass is 10.2. The molecule has 0 aromatic carbocycles. The van der Waals surface area contributed by atoms with Crippen LogP contribution in [0.5, 0.6) is 0 Å². The highest BCUT2D eigenvalue weighted by molar-refractivity contribution is 5.14. The zero-order chi connectivity index (χ0) is 12.1. The molecule has 1 aliphatic rings. The van der Waals surface area contributed by atoms with Crippen LogP contribution in [-0.4, -0.2) is 31.1 Å². The molecule has 0 radical (unpaired) electrons. The molecule has 1 N–H and O–H groups in total. The third kappa shape index (κ3) is 3.86. The van der Waals surface area contributed by atoms with E-state index in [1.54, 1.807) is 6.26 Å². The molecule has 0 atom stereocenters. The van der Waals surface area contributed by atoms with Crippen LogP contribution in [0.2, 0.25) is 0 Å². The number of nitrogens with zero attached hydrogens (tertiary/aromatic N) is 1. The Bertz CT molecular complexity index is 329. The zero-order valence-corrected chi connectivity index (χ0v) is 11.0. The lowest BCUT2D eigenvalue weighted by Crippen LogP contribution is -2.34. The Hall–Kier alpha value is -0.800. The quantitative estimate of drug-likeness (QED) is 0.823. The van der Waals surface area contributed by atoms with Crippen molar-refractivity contribution >= 4 is 0 Å². The van der Waals surface area contributed by atoms with Gasteiger partial charge in [0, 0.05) is 31.2 Å². The minimum atomic E-state index is 0.777. The van der Waals surface area contributed by atoms with E-state index in [4.69, 9.17) is 4.42 Å². The molecule has 1 aromatic rings. The molecular formula is C14H24N2O. The average Bonchev–Trinajstić information content (AvgIpc) is 2.92. The van der Waals surface area contributed by atoms with Crippen molar-refractivity contribution in [3.8, 4) is 0 Å². The second kappa shape index (κ2) is 6.22. The van der Waals surface area contributed by atoms with Gasteiger partial charge in [-0.05, 0) is 32.9 Å². The molecule has 1 aromatic heterocycles. The Balaban J connectivity index is 1.63. The van der Waals surface area contributed by atoms with Crippen molar-refractivity contribution in [3.63, 3.8) is 0 Å². The third-order valence-electron chi connectivity index (χ3n) is 3.69. The Morgan fingerprint density at radius 2 is 2.18 bits per heavy atom. The molecule has 1 saturated carbocycles. The summed E-state index contributed by atoms with van der Waals surface area (Å²) in [4.78, 5) is 2.35. The minimum Gasteiger partial charge on any atom is -0.469 e. The maximum absolute atomic E-state index is 5.31. The topological polar surface area (TPSA) is 28.4 Å². The molecular weight excluding hydrogens is 212 g/mol. The summed E-state index contributed by atoms with van der Waals surface area (Å²) in [6.45, 7) is 5.20. The van der Waals surface area contributed by atoms with Crippen LogP contribution in [0.15, 0.2) is 16.7 Å². The Morgan fingerprint density at radius 1 is 1.41 bits per heavy atom. The number of rotatable bonds is 6. The standard InChI is InChI=1S/C14H24N2O/c1-12-13(7-10-17-12)11-16(2)9-8-15-14-5-3-4-6-14/h7,10,14-15H,3-6,8-9,11H2,1-2H3. The molecule has 1 heterocycles. The van der Waals surface area contributed by atoms with Gasteiger partial charge in [-0.2, -0.15) is 0 Å². The Morgan fingerprint density at radius 3 is 2.82 bits per heavy atom.